The molecule has 0 saturated carbocycles. The Morgan fingerprint density at radius 1 is 1.46 bits per heavy atom. The van der Waals surface area contributed by atoms with Crippen molar-refractivity contribution in [3.8, 4) is 0 Å². The van der Waals surface area contributed by atoms with E-state index < -0.39 is 12.4 Å². The topological polar surface area (TPSA) is 9.23 Å². The van der Waals surface area contributed by atoms with Crippen LogP contribution in [0.5, 0.6) is 0 Å². The summed E-state index contributed by atoms with van der Waals surface area (Å²) in [7, 11) is 1.57. The van der Waals surface area contributed by atoms with Gasteiger partial charge in [0.2, 0.25) is 0 Å². The average Bonchev–Trinajstić information content (AvgIpc) is 2.02. The third-order valence-corrected chi connectivity index (χ3v) is 2.54. The van der Waals surface area contributed by atoms with E-state index in [9.17, 15) is 12.9 Å². The van der Waals surface area contributed by atoms with Gasteiger partial charge in [0, 0.05) is 13.7 Å². The van der Waals surface area contributed by atoms with Crippen LogP contribution < -0.4 is 0 Å². The molecule has 0 spiro atoms. The summed E-state index contributed by atoms with van der Waals surface area (Å²) in [5.41, 5.74) is -0.609. The maximum absolute atomic E-state index is 11.9. The van der Waals surface area contributed by atoms with Gasteiger partial charge in [0.25, 0.3) is 0 Å². The number of thioether (sulfide) groups is 1. The highest BCUT2D eigenvalue weighted by atomic mass is 32.2. The van der Waals surface area contributed by atoms with Crippen LogP contribution in [-0.4, -0.2) is 32.2 Å². The van der Waals surface area contributed by atoms with E-state index in [0.29, 0.717) is 12.4 Å². The summed E-state index contributed by atoms with van der Waals surface area (Å²) in [6, 6.07) is 0. The van der Waals surface area contributed by atoms with E-state index in [4.69, 9.17) is 4.74 Å². The minimum atomic E-state index is -4.84. The predicted molar refractivity (Wildman–Crippen MR) is 52.0 cm³/mol. The van der Waals surface area contributed by atoms with Gasteiger partial charge in [-0.2, -0.15) is 11.8 Å². The zero-order chi connectivity index (χ0) is 10.3. The van der Waals surface area contributed by atoms with Crippen molar-refractivity contribution in [1.29, 1.82) is 0 Å². The van der Waals surface area contributed by atoms with E-state index in [1.807, 2.05) is 0 Å². The molecule has 0 aromatic heterocycles. The van der Waals surface area contributed by atoms with Gasteiger partial charge >= 0.3 is 6.98 Å². The first-order chi connectivity index (χ1) is 5.98. The molecule has 0 saturated heterocycles. The van der Waals surface area contributed by atoms with Crippen LogP contribution in [0.25, 0.3) is 0 Å². The van der Waals surface area contributed by atoms with Crippen molar-refractivity contribution < 1.29 is 17.7 Å². The van der Waals surface area contributed by atoms with Gasteiger partial charge in [-0.05, 0) is 17.9 Å². The maximum Gasteiger partial charge on any atom is 0.505 e. The maximum atomic E-state index is 11.9. The number of ether oxygens (including phenoxy) is 1. The van der Waals surface area contributed by atoms with E-state index in [-0.39, 0.29) is 5.75 Å². The molecule has 6 heteroatoms. The molecule has 1 nitrogen and oxygen atoms in total. The van der Waals surface area contributed by atoms with Gasteiger partial charge in [-0.1, -0.05) is 0 Å². The monoisotopic (exact) mass is 213 g/mol. The van der Waals surface area contributed by atoms with Crippen molar-refractivity contribution in [3.63, 3.8) is 0 Å². The molecule has 13 heavy (non-hydrogen) atoms. The van der Waals surface area contributed by atoms with Crippen LogP contribution in [0.3, 0.4) is 0 Å². The Labute approximate surface area is 80.8 Å². The largest absolute Gasteiger partial charge is 0.505 e. The fourth-order valence-corrected chi connectivity index (χ4v) is 1.52. The first-order valence-corrected chi connectivity index (χ1v) is 5.08. The molecular formula is C7H13BF3OS-. The second kappa shape index (κ2) is 6.37. The van der Waals surface area contributed by atoms with Crippen molar-refractivity contribution in [1.82, 2.24) is 0 Å². The van der Waals surface area contributed by atoms with Gasteiger partial charge in [-0.25, -0.2) is 0 Å². The standard InChI is InChI=1S/C7H13BF3OS/c1-7(8(9,10)11)6-13-5-3-4-12-2/h1,3-6H2,2H3/q-1. The van der Waals surface area contributed by atoms with Gasteiger partial charge in [-0.15, -0.1) is 12.1 Å². The summed E-state index contributed by atoms with van der Waals surface area (Å²) in [6.07, 6.45) is 0.777. The number of rotatable bonds is 7. The van der Waals surface area contributed by atoms with Crippen LogP contribution >= 0.6 is 11.8 Å². The molecule has 0 aliphatic rings. The Morgan fingerprint density at radius 2 is 2.08 bits per heavy atom. The smallest absolute Gasteiger partial charge is 0.445 e. The quantitative estimate of drug-likeness (QED) is 0.475. The first kappa shape index (κ1) is 12.9. The van der Waals surface area contributed by atoms with Crippen LogP contribution in [0.15, 0.2) is 12.1 Å². The Kier molecular flexibility index (Phi) is 6.33. The van der Waals surface area contributed by atoms with Gasteiger partial charge in [0.15, 0.2) is 0 Å². The Balaban J connectivity index is 3.38. The highest BCUT2D eigenvalue weighted by Crippen LogP contribution is 2.21. The van der Waals surface area contributed by atoms with Crippen LogP contribution in [0.4, 0.5) is 12.9 Å². The molecular weight excluding hydrogens is 200 g/mol. The molecule has 0 aliphatic carbocycles. The molecule has 0 unspecified atom stereocenters. The minimum Gasteiger partial charge on any atom is -0.445 e. The molecule has 0 atom stereocenters. The number of methoxy groups -OCH3 is 1. The SMILES string of the molecule is C=C(CSCCCOC)[B-](F)(F)F. The molecule has 0 aromatic carbocycles. The van der Waals surface area contributed by atoms with Crippen molar-refractivity contribution in [2.24, 2.45) is 0 Å². The Bertz CT molecular complexity index is 160. The Morgan fingerprint density at radius 3 is 2.54 bits per heavy atom. The fourth-order valence-electron chi connectivity index (χ4n) is 0.603. The predicted octanol–water partition coefficient (Wildman–Crippen LogP) is 2.70. The second-order valence-corrected chi connectivity index (χ2v) is 3.74. The van der Waals surface area contributed by atoms with E-state index in [2.05, 4.69) is 6.58 Å². The summed E-state index contributed by atoms with van der Waals surface area (Å²) in [5.74, 6) is 0.659. The third kappa shape index (κ3) is 7.01. The van der Waals surface area contributed by atoms with Gasteiger partial charge in [0.05, 0.1) is 0 Å². The highest BCUT2D eigenvalue weighted by Gasteiger charge is 2.25. The van der Waals surface area contributed by atoms with E-state index in [1.54, 1.807) is 7.11 Å². The summed E-state index contributed by atoms with van der Waals surface area (Å²) in [5, 5.41) is 0. The van der Waals surface area contributed by atoms with Crippen molar-refractivity contribution in [2.75, 3.05) is 25.2 Å². The van der Waals surface area contributed by atoms with Crippen LogP contribution in [0, 0.1) is 0 Å². The Hall–Kier alpha value is -0.0951. The lowest BCUT2D eigenvalue weighted by atomic mass is 9.82. The molecule has 78 valence electrons. The molecule has 0 heterocycles. The molecule has 0 bridgehead atoms. The lowest BCUT2D eigenvalue weighted by Gasteiger charge is -2.16. The average molecular weight is 213 g/mol. The van der Waals surface area contributed by atoms with Gasteiger partial charge in [0.1, 0.15) is 0 Å². The van der Waals surface area contributed by atoms with Crippen LogP contribution in [0.2, 0.25) is 0 Å². The molecule has 0 amide bonds. The van der Waals surface area contributed by atoms with Gasteiger partial charge in [-0.3, -0.25) is 0 Å². The van der Waals surface area contributed by atoms with Crippen LogP contribution in [0.1, 0.15) is 6.42 Å². The zero-order valence-corrected chi connectivity index (χ0v) is 8.38. The summed E-state index contributed by atoms with van der Waals surface area (Å²) < 4.78 is 40.6. The lowest BCUT2D eigenvalue weighted by molar-refractivity contribution is 0.200. The van der Waals surface area contributed by atoms with E-state index >= 15 is 0 Å². The molecule has 0 rings (SSSR count). The normalized spacial score (nSPS) is 11.7. The van der Waals surface area contributed by atoms with Crippen molar-refractivity contribution in [3.05, 3.63) is 12.1 Å². The van der Waals surface area contributed by atoms with E-state index in [0.717, 1.165) is 6.42 Å². The van der Waals surface area contributed by atoms with Gasteiger partial charge < -0.3 is 17.7 Å². The molecule has 0 radical (unpaired) electrons. The molecule has 0 aliphatic heterocycles. The van der Waals surface area contributed by atoms with E-state index in [1.165, 1.54) is 11.8 Å². The number of hydrogen-bond acceptors (Lipinski definition) is 2. The molecule has 0 fully saturated rings. The second-order valence-electron chi connectivity index (χ2n) is 2.63. The summed E-state index contributed by atoms with van der Waals surface area (Å²) in [6.45, 7) is -1.25. The molecule has 0 aromatic rings. The summed E-state index contributed by atoms with van der Waals surface area (Å²) in [4.78, 5) is 0. The number of hydrogen-bond donors (Lipinski definition) is 0. The lowest BCUT2D eigenvalue weighted by Crippen LogP contribution is -2.20. The molecule has 0 N–H and O–H groups in total. The van der Waals surface area contributed by atoms with Crippen molar-refractivity contribution in [2.45, 2.75) is 6.42 Å². The number of halogens is 3. The van der Waals surface area contributed by atoms with Crippen molar-refractivity contribution >= 4 is 18.7 Å². The summed E-state index contributed by atoms with van der Waals surface area (Å²) >= 11 is 1.24. The third-order valence-electron chi connectivity index (χ3n) is 1.39. The van der Waals surface area contributed by atoms with Crippen LogP contribution in [-0.2, 0) is 4.74 Å². The highest BCUT2D eigenvalue weighted by molar-refractivity contribution is 7.99. The fraction of sp³-hybridized carbons (Fsp3) is 0.714. The first-order valence-electron chi connectivity index (χ1n) is 3.92. The zero-order valence-electron chi connectivity index (χ0n) is 7.56. The minimum absolute atomic E-state index is 0.0206.